The summed E-state index contributed by atoms with van der Waals surface area (Å²) in [4.78, 5) is 29.7. The second kappa shape index (κ2) is 16.1. The Hall–Kier alpha value is -2.82. The largest absolute Gasteiger partial charge is 0.462 e. The van der Waals surface area contributed by atoms with Gasteiger partial charge in [0.1, 0.15) is 0 Å². The maximum absolute atomic E-state index is 14.1. The summed E-state index contributed by atoms with van der Waals surface area (Å²) in [5, 5.41) is 0. The number of amides is 1. The second-order valence-electron chi connectivity index (χ2n) is 13.2. The normalized spacial score (nSPS) is 15.6. The van der Waals surface area contributed by atoms with Crippen molar-refractivity contribution < 1.29 is 19.1 Å². The molecule has 42 heavy (non-hydrogen) atoms. The highest BCUT2D eigenvalue weighted by molar-refractivity contribution is 5.92. The molecule has 232 valence electrons. The van der Waals surface area contributed by atoms with Crippen molar-refractivity contribution in [2.45, 2.75) is 118 Å². The summed E-state index contributed by atoms with van der Waals surface area (Å²) < 4.78 is 11.8. The minimum atomic E-state index is -0.467. The van der Waals surface area contributed by atoms with Gasteiger partial charge in [-0.15, -0.1) is 0 Å². The molecule has 2 aromatic carbocycles. The fraction of sp³-hybridized carbons (Fsp3) is 0.622. The van der Waals surface area contributed by atoms with Crippen molar-refractivity contribution >= 4 is 12.1 Å². The quantitative estimate of drug-likeness (QED) is 0.222. The Kier molecular flexibility index (Phi) is 12.9. The Bertz CT molecular complexity index is 1130. The third-order valence-electron chi connectivity index (χ3n) is 8.85. The maximum Gasteiger partial charge on any atom is 0.410 e. The fourth-order valence-corrected chi connectivity index (χ4v) is 6.21. The Morgan fingerprint density at radius 1 is 0.976 bits per heavy atom. The number of hydrogen-bond acceptors (Lipinski definition) is 4. The molecule has 0 aromatic heterocycles. The standard InChI is InChI=1S/C37H55NO4/c1-8-11-18-28(9-2)26-42-35(39)32-24-31(37(5,6)7)23-27(4)33(32)34(30-21-16-13-17-22-30)38(36(40)41-10-3)25-29-19-14-12-15-20-29/h13,16-17,21-24,28-29,34H,8-12,14-15,18-20,25-26H2,1-7H3. The summed E-state index contributed by atoms with van der Waals surface area (Å²) >= 11 is 0. The van der Waals surface area contributed by atoms with E-state index in [0.717, 1.165) is 60.8 Å². The lowest BCUT2D eigenvalue weighted by molar-refractivity contribution is 0.0421. The summed E-state index contributed by atoms with van der Waals surface area (Å²) in [7, 11) is 0. The van der Waals surface area contributed by atoms with E-state index in [0.29, 0.717) is 37.2 Å². The van der Waals surface area contributed by atoms with Crippen molar-refractivity contribution in [2.24, 2.45) is 11.8 Å². The SMILES string of the molecule is CCCCC(CC)COC(=O)c1cc(C(C)(C)C)cc(C)c1C(c1ccccc1)N(CC1CCCCC1)C(=O)OCC. The zero-order valence-corrected chi connectivity index (χ0v) is 27.3. The molecule has 1 amide bonds. The molecule has 5 nitrogen and oxygen atoms in total. The van der Waals surface area contributed by atoms with Gasteiger partial charge < -0.3 is 9.47 Å². The maximum atomic E-state index is 14.1. The first kappa shape index (κ1) is 33.7. The summed E-state index contributed by atoms with van der Waals surface area (Å²) in [6.07, 6.45) is 9.78. The van der Waals surface area contributed by atoms with E-state index in [1.165, 1.54) is 19.3 Å². The molecule has 0 saturated heterocycles. The first-order chi connectivity index (χ1) is 20.1. The molecular formula is C37H55NO4. The van der Waals surface area contributed by atoms with Crippen molar-refractivity contribution in [2.75, 3.05) is 19.8 Å². The molecule has 1 saturated carbocycles. The predicted octanol–water partition coefficient (Wildman–Crippen LogP) is 9.79. The topological polar surface area (TPSA) is 55.8 Å². The van der Waals surface area contributed by atoms with E-state index < -0.39 is 6.04 Å². The molecule has 0 bridgehead atoms. The molecule has 0 N–H and O–H groups in total. The van der Waals surface area contributed by atoms with Gasteiger partial charge in [0.2, 0.25) is 0 Å². The van der Waals surface area contributed by atoms with Gasteiger partial charge >= 0.3 is 12.1 Å². The van der Waals surface area contributed by atoms with Crippen molar-refractivity contribution in [3.8, 4) is 0 Å². The van der Waals surface area contributed by atoms with Gasteiger partial charge in [0.25, 0.3) is 0 Å². The predicted molar refractivity (Wildman–Crippen MR) is 172 cm³/mol. The van der Waals surface area contributed by atoms with Crippen LogP contribution in [-0.2, 0) is 14.9 Å². The van der Waals surface area contributed by atoms with Crippen LogP contribution in [-0.4, -0.2) is 36.7 Å². The van der Waals surface area contributed by atoms with Crippen LogP contribution in [0.15, 0.2) is 42.5 Å². The zero-order valence-electron chi connectivity index (χ0n) is 27.3. The first-order valence-corrected chi connectivity index (χ1v) is 16.4. The lowest BCUT2D eigenvalue weighted by Gasteiger charge is -2.37. The van der Waals surface area contributed by atoms with Gasteiger partial charge in [0, 0.05) is 6.54 Å². The summed E-state index contributed by atoms with van der Waals surface area (Å²) in [5.41, 5.74) is 4.27. The van der Waals surface area contributed by atoms with Crippen molar-refractivity contribution in [1.29, 1.82) is 0 Å². The number of aryl methyl sites for hydroxylation is 1. The van der Waals surface area contributed by atoms with Crippen LogP contribution in [0.4, 0.5) is 4.79 Å². The molecule has 0 heterocycles. The Labute approximate surface area is 255 Å². The molecule has 2 unspecified atom stereocenters. The van der Waals surface area contributed by atoms with E-state index in [9.17, 15) is 9.59 Å². The number of rotatable bonds is 13. The summed E-state index contributed by atoms with van der Waals surface area (Å²) in [6.45, 7) is 16.1. The van der Waals surface area contributed by atoms with E-state index >= 15 is 0 Å². The number of unbranched alkanes of at least 4 members (excludes halogenated alkanes) is 1. The van der Waals surface area contributed by atoms with E-state index in [4.69, 9.17) is 9.47 Å². The Balaban J connectivity index is 2.17. The van der Waals surface area contributed by atoms with Gasteiger partial charge in [0.15, 0.2) is 0 Å². The number of carbonyl (C=O) groups excluding carboxylic acids is 2. The molecule has 1 fully saturated rings. The van der Waals surface area contributed by atoms with Gasteiger partial charge in [0.05, 0.1) is 24.8 Å². The smallest absolute Gasteiger partial charge is 0.410 e. The second-order valence-corrected chi connectivity index (χ2v) is 13.2. The number of carbonyl (C=O) groups is 2. The van der Waals surface area contributed by atoms with E-state index in [2.05, 4.69) is 59.7 Å². The van der Waals surface area contributed by atoms with Gasteiger partial charge in [-0.1, -0.05) is 110 Å². The van der Waals surface area contributed by atoms with E-state index in [1.54, 1.807) is 0 Å². The molecule has 5 heteroatoms. The lowest BCUT2D eigenvalue weighted by atomic mass is 9.80. The van der Waals surface area contributed by atoms with Gasteiger partial charge in [-0.25, -0.2) is 9.59 Å². The van der Waals surface area contributed by atoms with Crippen LogP contribution in [0.3, 0.4) is 0 Å². The number of ether oxygens (including phenoxy) is 2. The van der Waals surface area contributed by atoms with Crippen LogP contribution < -0.4 is 0 Å². The molecule has 1 aliphatic carbocycles. The summed E-state index contributed by atoms with van der Waals surface area (Å²) in [6, 6.07) is 13.8. The number of hydrogen-bond donors (Lipinski definition) is 0. The molecule has 3 rings (SSSR count). The third-order valence-corrected chi connectivity index (χ3v) is 8.85. The minimum absolute atomic E-state index is 0.156. The lowest BCUT2D eigenvalue weighted by Crippen LogP contribution is -2.41. The van der Waals surface area contributed by atoms with Crippen LogP contribution in [0.1, 0.15) is 138 Å². The van der Waals surface area contributed by atoms with Crippen LogP contribution in [0.25, 0.3) is 0 Å². The monoisotopic (exact) mass is 577 g/mol. The van der Waals surface area contributed by atoms with Crippen LogP contribution in [0.2, 0.25) is 0 Å². The Morgan fingerprint density at radius 2 is 1.67 bits per heavy atom. The highest BCUT2D eigenvalue weighted by Gasteiger charge is 2.35. The van der Waals surface area contributed by atoms with Crippen LogP contribution >= 0.6 is 0 Å². The average molecular weight is 578 g/mol. The van der Waals surface area contributed by atoms with Gasteiger partial charge in [-0.3, -0.25) is 4.90 Å². The van der Waals surface area contributed by atoms with Crippen LogP contribution in [0.5, 0.6) is 0 Å². The van der Waals surface area contributed by atoms with Crippen molar-refractivity contribution in [3.05, 3.63) is 70.3 Å². The zero-order chi connectivity index (χ0) is 30.7. The number of nitrogens with zero attached hydrogens (tertiary/aromatic N) is 1. The average Bonchev–Trinajstić information content (AvgIpc) is 2.98. The minimum Gasteiger partial charge on any atom is -0.462 e. The number of esters is 1. The van der Waals surface area contributed by atoms with Crippen LogP contribution in [0, 0.1) is 18.8 Å². The molecule has 0 spiro atoms. The number of benzene rings is 2. The Morgan fingerprint density at radius 3 is 2.26 bits per heavy atom. The fourth-order valence-electron chi connectivity index (χ4n) is 6.21. The highest BCUT2D eigenvalue weighted by atomic mass is 16.6. The summed E-state index contributed by atoms with van der Waals surface area (Å²) in [5.74, 6) is 0.441. The molecule has 2 atom stereocenters. The van der Waals surface area contributed by atoms with Gasteiger partial charge in [-0.05, 0) is 78.7 Å². The molecule has 0 aliphatic heterocycles. The highest BCUT2D eigenvalue weighted by Crippen LogP contribution is 2.39. The van der Waals surface area contributed by atoms with Crippen molar-refractivity contribution in [1.82, 2.24) is 4.90 Å². The van der Waals surface area contributed by atoms with E-state index in [-0.39, 0.29) is 17.5 Å². The van der Waals surface area contributed by atoms with Gasteiger partial charge in [-0.2, -0.15) is 0 Å². The molecule has 0 radical (unpaired) electrons. The van der Waals surface area contributed by atoms with E-state index in [1.807, 2.05) is 36.1 Å². The molecule has 1 aliphatic rings. The third kappa shape index (κ3) is 9.09. The first-order valence-electron chi connectivity index (χ1n) is 16.4. The molecular weight excluding hydrogens is 522 g/mol. The van der Waals surface area contributed by atoms with Crippen molar-refractivity contribution in [3.63, 3.8) is 0 Å². The molecule has 2 aromatic rings.